The first-order valence-electron chi connectivity index (χ1n) is 8.96. The second kappa shape index (κ2) is 8.59. The second-order valence-corrected chi connectivity index (χ2v) is 7.72. The third-order valence-electron chi connectivity index (χ3n) is 4.48. The van der Waals surface area contributed by atoms with Crippen molar-refractivity contribution in [2.45, 2.75) is 30.1 Å². The smallest absolute Gasteiger partial charge is 0.303 e. The summed E-state index contributed by atoms with van der Waals surface area (Å²) in [6, 6.07) is 15.9. The van der Waals surface area contributed by atoms with Crippen molar-refractivity contribution in [2.24, 2.45) is 0 Å². The van der Waals surface area contributed by atoms with E-state index in [-0.39, 0.29) is 11.2 Å². The zero-order valence-electron chi connectivity index (χ0n) is 15.8. The Bertz CT molecular complexity index is 822. The molecule has 1 N–H and O–H groups in total. The Morgan fingerprint density at radius 3 is 2.56 bits per heavy atom. The maximum absolute atomic E-state index is 13.4. The Labute approximate surface area is 164 Å². The van der Waals surface area contributed by atoms with E-state index in [0.717, 1.165) is 21.7 Å². The summed E-state index contributed by atoms with van der Waals surface area (Å²) in [7, 11) is 1.85. The summed E-state index contributed by atoms with van der Waals surface area (Å²) >= 11 is 1.57. The number of esters is 1. The normalized spacial score (nSPS) is 19.4. The molecule has 2 unspecified atom stereocenters. The molecule has 0 aromatic heterocycles. The average Bonchev–Trinajstić information content (AvgIpc) is 2.76. The lowest BCUT2D eigenvalue weighted by Gasteiger charge is -2.27. The molecule has 5 nitrogen and oxygen atoms in total. The number of thioether (sulfide) groups is 1. The van der Waals surface area contributed by atoms with Crippen molar-refractivity contribution >= 4 is 29.3 Å². The summed E-state index contributed by atoms with van der Waals surface area (Å²) in [5, 5.41) is 2.78. The molecule has 1 aliphatic rings. The maximum atomic E-state index is 13.4. The number of ether oxygens (including phenoxy) is 1. The van der Waals surface area contributed by atoms with E-state index in [1.54, 1.807) is 16.7 Å². The van der Waals surface area contributed by atoms with Gasteiger partial charge in [0.1, 0.15) is 0 Å². The summed E-state index contributed by atoms with van der Waals surface area (Å²) in [4.78, 5) is 27.9. The molecule has 2 aromatic carbocycles. The van der Waals surface area contributed by atoms with Gasteiger partial charge in [-0.3, -0.25) is 9.59 Å². The monoisotopic (exact) mass is 384 g/mol. The van der Waals surface area contributed by atoms with Gasteiger partial charge < -0.3 is 15.0 Å². The molecule has 142 valence electrons. The van der Waals surface area contributed by atoms with Gasteiger partial charge in [-0.15, -0.1) is 11.8 Å². The van der Waals surface area contributed by atoms with E-state index < -0.39 is 12.1 Å². The van der Waals surface area contributed by atoms with Gasteiger partial charge in [-0.2, -0.15) is 0 Å². The van der Waals surface area contributed by atoms with Crippen LogP contribution in [0.2, 0.25) is 0 Å². The quantitative estimate of drug-likeness (QED) is 0.802. The first-order chi connectivity index (χ1) is 13.0. The van der Waals surface area contributed by atoms with Crippen molar-refractivity contribution < 1.29 is 14.3 Å². The lowest BCUT2D eigenvalue weighted by molar-refractivity contribution is -0.152. The van der Waals surface area contributed by atoms with Gasteiger partial charge in [0.25, 0.3) is 5.91 Å². The Kier molecular flexibility index (Phi) is 6.19. The first-order valence-corrected chi connectivity index (χ1v) is 9.84. The van der Waals surface area contributed by atoms with Crippen LogP contribution >= 0.6 is 11.8 Å². The third-order valence-corrected chi connectivity index (χ3v) is 5.85. The number of rotatable bonds is 5. The number of benzene rings is 2. The zero-order chi connectivity index (χ0) is 19.4. The van der Waals surface area contributed by atoms with Crippen LogP contribution in [0.1, 0.15) is 23.3 Å². The zero-order valence-corrected chi connectivity index (χ0v) is 16.6. The van der Waals surface area contributed by atoms with E-state index in [9.17, 15) is 9.59 Å². The fourth-order valence-corrected chi connectivity index (χ4v) is 4.44. The summed E-state index contributed by atoms with van der Waals surface area (Å²) in [6.45, 7) is 4.52. The maximum Gasteiger partial charge on any atom is 0.303 e. The summed E-state index contributed by atoms with van der Waals surface area (Å²) in [5.41, 5.74) is 2.97. The van der Waals surface area contributed by atoms with Crippen LogP contribution in [0.3, 0.4) is 0 Å². The van der Waals surface area contributed by atoms with Crippen molar-refractivity contribution in [1.82, 2.24) is 5.32 Å². The molecule has 27 heavy (non-hydrogen) atoms. The Morgan fingerprint density at radius 2 is 1.89 bits per heavy atom. The number of nitrogens with zero attached hydrogens (tertiary/aromatic N) is 1. The predicted octanol–water partition coefficient (Wildman–Crippen LogP) is 3.33. The van der Waals surface area contributed by atoms with Gasteiger partial charge >= 0.3 is 5.97 Å². The van der Waals surface area contributed by atoms with Crippen LogP contribution in [0, 0.1) is 6.92 Å². The summed E-state index contributed by atoms with van der Waals surface area (Å²) in [6.07, 6.45) is -0.875. The molecule has 0 radical (unpaired) electrons. The van der Waals surface area contributed by atoms with Crippen LogP contribution in [0.4, 0.5) is 5.69 Å². The van der Waals surface area contributed by atoms with E-state index in [0.29, 0.717) is 13.1 Å². The number of carbonyl (C=O) groups is 2. The largest absolute Gasteiger partial charge is 0.451 e. The summed E-state index contributed by atoms with van der Waals surface area (Å²) < 4.78 is 5.55. The lowest BCUT2D eigenvalue weighted by atomic mass is 10.0. The van der Waals surface area contributed by atoms with Gasteiger partial charge in [-0.25, -0.2) is 0 Å². The number of anilines is 1. The highest BCUT2D eigenvalue weighted by atomic mass is 32.2. The van der Waals surface area contributed by atoms with Crippen LogP contribution in [0.15, 0.2) is 53.4 Å². The first kappa shape index (κ1) is 19.5. The molecule has 2 aromatic rings. The predicted molar refractivity (Wildman–Crippen MR) is 108 cm³/mol. The van der Waals surface area contributed by atoms with E-state index in [1.165, 1.54) is 6.92 Å². The fourth-order valence-electron chi connectivity index (χ4n) is 3.12. The van der Waals surface area contributed by atoms with Gasteiger partial charge in [0.05, 0.1) is 10.9 Å². The minimum Gasteiger partial charge on any atom is -0.451 e. The van der Waals surface area contributed by atoms with Gasteiger partial charge in [0, 0.05) is 24.9 Å². The molecular weight excluding hydrogens is 360 g/mol. The average molecular weight is 385 g/mol. The van der Waals surface area contributed by atoms with Gasteiger partial charge in [0.15, 0.2) is 6.10 Å². The second-order valence-electron chi connectivity index (χ2n) is 6.54. The molecule has 0 aliphatic carbocycles. The van der Waals surface area contributed by atoms with E-state index >= 15 is 0 Å². The number of hydrogen-bond donors (Lipinski definition) is 1. The van der Waals surface area contributed by atoms with Crippen LogP contribution in [-0.4, -0.2) is 38.1 Å². The molecule has 1 amide bonds. The summed E-state index contributed by atoms with van der Waals surface area (Å²) in [5.74, 6) is -0.644. The highest BCUT2D eigenvalue weighted by molar-refractivity contribution is 7.99. The van der Waals surface area contributed by atoms with E-state index in [4.69, 9.17) is 4.74 Å². The highest BCUT2D eigenvalue weighted by Crippen LogP contribution is 2.46. The number of amides is 1. The Hall–Kier alpha value is -2.31. The molecule has 2 atom stereocenters. The molecule has 0 spiro atoms. The number of aryl methyl sites for hydroxylation is 1. The van der Waals surface area contributed by atoms with Crippen molar-refractivity contribution in [3.05, 3.63) is 59.7 Å². The standard InChI is InChI=1S/C21H24N2O3S/c1-14-8-10-16(11-9-14)20-19(26-15(2)24)21(25)23(13-12-22-3)17-6-4-5-7-18(17)27-20/h4-11,19-20,22H,12-13H2,1-3H3. The Morgan fingerprint density at radius 1 is 1.19 bits per heavy atom. The number of hydrogen-bond acceptors (Lipinski definition) is 5. The van der Waals surface area contributed by atoms with E-state index in [1.807, 2.05) is 62.5 Å². The molecule has 1 aliphatic heterocycles. The minimum absolute atomic E-state index is 0.191. The van der Waals surface area contributed by atoms with Crippen LogP contribution in [-0.2, 0) is 14.3 Å². The molecule has 0 fully saturated rings. The van der Waals surface area contributed by atoms with Crippen molar-refractivity contribution in [1.29, 1.82) is 0 Å². The topological polar surface area (TPSA) is 58.6 Å². The highest BCUT2D eigenvalue weighted by Gasteiger charge is 2.40. The van der Waals surface area contributed by atoms with Crippen LogP contribution in [0.25, 0.3) is 0 Å². The molecule has 1 heterocycles. The molecular formula is C21H24N2O3S. The van der Waals surface area contributed by atoms with Crippen molar-refractivity contribution in [3.8, 4) is 0 Å². The Balaban J connectivity index is 2.08. The SMILES string of the molecule is CNCCN1C(=O)C(OC(C)=O)C(c2ccc(C)cc2)Sc2ccccc21. The molecule has 6 heteroatoms. The lowest BCUT2D eigenvalue weighted by Crippen LogP contribution is -2.45. The van der Waals surface area contributed by atoms with Gasteiger partial charge in [0.2, 0.25) is 0 Å². The van der Waals surface area contributed by atoms with Crippen LogP contribution in [0.5, 0.6) is 0 Å². The number of nitrogens with one attached hydrogen (secondary N) is 1. The fraction of sp³-hybridized carbons (Fsp3) is 0.333. The van der Waals surface area contributed by atoms with Crippen molar-refractivity contribution in [2.75, 3.05) is 25.0 Å². The minimum atomic E-state index is -0.875. The molecule has 0 saturated heterocycles. The molecule has 0 bridgehead atoms. The number of likely N-dealkylation sites (N-methyl/N-ethyl adjacent to an activating group) is 1. The number of fused-ring (bicyclic) bond motifs is 1. The van der Waals surface area contributed by atoms with E-state index in [2.05, 4.69) is 5.32 Å². The third kappa shape index (κ3) is 4.34. The van der Waals surface area contributed by atoms with Crippen molar-refractivity contribution in [3.63, 3.8) is 0 Å². The van der Waals surface area contributed by atoms with Gasteiger partial charge in [-0.05, 0) is 31.7 Å². The number of carbonyl (C=O) groups excluding carboxylic acids is 2. The molecule has 3 rings (SSSR count). The van der Waals surface area contributed by atoms with Crippen LogP contribution < -0.4 is 10.2 Å². The van der Waals surface area contributed by atoms with Gasteiger partial charge in [-0.1, -0.05) is 42.0 Å². The molecule has 0 saturated carbocycles. The number of para-hydroxylation sites is 1.